The van der Waals surface area contributed by atoms with Crippen molar-refractivity contribution in [3.05, 3.63) is 36.0 Å². The molecule has 8 nitrogen and oxygen atoms in total. The zero-order chi connectivity index (χ0) is 19.6. The Morgan fingerprint density at radius 2 is 1.81 bits per heavy atom. The fraction of sp³-hybridized carbons (Fsp3) is 0.500. The molecule has 0 unspecified atom stereocenters. The molecule has 0 aliphatic carbocycles. The van der Waals surface area contributed by atoms with E-state index in [0.717, 1.165) is 11.3 Å². The number of likely N-dealkylation sites (N-methyl/N-ethyl adjacent to an activating group) is 1. The van der Waals surface area contributed by atoms with Gasteiger partial charge >= 0.3 is 0 Å². The molecule has 2 aromatic rings. The first-order chi connectivity index (χ1) is 12.8. The molecule has 0 atom stereocenters. The lowest BCUT2D eigenvalue weighted by Gasteiger charge is -2.34. The van der Waals surface area contributed by atoms with E-state index in [-0.39, 0.29) is 5.91 Å². The normalized spacial score (nSPS) is 16.0. The lowest BCUT2D eigenvalue weighted by molar-refractivity contribution is 0.0744. The number of fused-ring (bicyclic) bond motifs is 1. The Morgan fingerprint density at radius 1 is 1.15 bits per heavy atom. The summed E-state index contributed by atoms with van der Waals surface area (Å²) in [6, 6.07) is 7.76. The van der Waals surface area contributed by atoms with Crippen LogP contribution in [0.15, 0.2) is 30.5 Å². The fourth-order valence-electron chi connectivity index (χ4n) is 3.27. The van der Waals surface area contributed by atoms with Crippen LogP contribution in [0.5, 0.6) is 0 Å². The maximum atomic E-state index is 12.6. The number of pyridine rings is 1. The Labute approximate surface area is 160 Å². The van der Waals surface area contributed by atoms with Crippen molar-refractivity contribution in [3.8, 4) is 0 Å². The van der Waals surface area contributed by atoms with Crippen LogP contribution in [0, 0.1) is 0 Å². The van der Waals surface area contributed by atoms with Gasteiger partial charge in [0, 0.05) is 58.6 Å². The van der Waals surface area contributed by atoms with Crippen molar-refractivity contribution in [3.63, 3.8) is 0 Å². The lowest BCUT2D eigenvalue weighted by Crippen LogP contribution is -2.48. The molecule has 1 amide bonds. The van der Waals surface area contributed by atoms with Gasteiger partial charge in [-0.15, -0.1) is 0 Å². The Morgan fingerprint density at radius 3 is 2.44 bits per heavy atom. The quantitative estimate of drug-likeness (QED) is 0.723. The summed E-state index contributed by atoms with van der Waals surface area (Å²) in [5, 5.41) is 0. The first kappa shape index (κ1) is 19.7. The van der Waals surface area contributed by atoms with Crippen LogP contribution in [0.1, 0.15) is 10.4 Å². The molecule has 0 saturated carbocycles. The SMILES string of the molecule is COCCN(C)C(=O)c1ccc2ccc(N3CCN(S(C)(=O)=O)CC3)n2c1. The molecule has 1 aliphatic heterocycles. The average Bonchev–Trinajstić information content (AvgIpc) is 3.08. The number of carbonyl (C=O) groups is 1. The third-order valence-electron chi connectivity index (χ3n) is 4.89. The predicted octanol–water partition coefficient (Wildman–Crippen LogP) is 0.739. The summed E-state index contributed by atoms with van der Waals surface area (Å²) in [6.07, 6.45) is 3.09. The number of sulfonamides is 1. The number of methoxy groups -OCH3 is 1. The number of hydrogen-bond donors (Lipinski definition) is 0. The van der Waals surface area contributed by atoms with E-state index in [1.165, 1.54) is 10.6 Å². The summed E-state index contributed by atoms with van der Waals surface area (Å²) in [5.74, 6) is 0.905. The van der Waals surface area contributed by atoms with Gasteiger partial charge < -0.3 is 18.9 Å². The van der Waals surface area contributed by atoms with Crippen LogP contribution in [0.4, 0.5) is 5.82 Å². The second-order valence-electron chi connectivity index (χ2n) is 6.77. The topological polar surface area (TPSA) is 74.6 Å². The second kappa shape index (κ2) is 7.87. The first-order valence-corrected chi connectivity index (χ1v) is 10.7. The van der Waals surface area contributed by atoms with E-state index in [4.69, 9.17) is 4.74 Å². The van der Waals surface area contributed by atoms with E-state index >= 15 is 0 Å². The third-order valence-corrected chi connectivity index (χ3v) is 6.19. The van der Waals surface area contributed by atoms with Crippen LogP contribution in [-0.4, -0.2) is 87.7 Å². The molecule has 0 aromatic carbocycles. The van der Waals surface area contributed by atoms with Crippen molar-refractivity contribution in [2.24, 2.45) is 0 Å². The zero-order valence-electron chi connectivity index (χ0n) is 16.0. The summed E-state index contributed by atoms with van der Waals surface area (Å²) in [7, 11) is 0.211. The van der Waals surface area contributed by atoms with Crippen LogP contribution in [0.2, 0.25) is 0 Å². The largest absolute Gasteiger partial charge is 0.383 e. The van der Waals surface area contributed by atoms with Gasteiger partial charge in [0.05, 0.1) is 18.4 Å². The molecule has 3 heterocycles. The summed E-state index contributed by atoms with van der Waals surface area (Å²) < 4.78 is 31.9. The Balaban J connectivity index is 1.81. The zero-order valence-corrected chi connectivity index (χ0v) is 16.8. The predicted molar refractivity (Wildman–Crippen MR) is 105 cm³/mol. The first-order valence-electron chi connectivity index (χ1n) is 8.87. The Hall–Kier alpha value is -2.10. The van der Waals surface area contributed by atoms with Crippen LogP contribution in [0.25, 0.3) is 5.52 Å². The molecule has 1 fully saturated rings. The van der Waals surface area contributed by atoms with Gasteiger partial charge in [-0.2, -0.15) is 4.31 Å². The minimum Gasteiger partial charge on any atom is -0.383 e. The monoisotopic (exact) mass is 394 g/mol. The number of hydrogen-bond acceptors (Lipinski definition) is 5. The second-order valence-corrected chi connectivity index (χ2v) is 8.76. The highest BCUT2D eigenvalue weighted by Crippen LogP contribution is 2.22. The van der Waals surface area contributed by atoms with E-state index in [2.05, 4.69) is 4.90 Å². The number of amides is 1. The van der Waals surface area contributed by atoms with Crippen LogP contribution >= 0.6 is 0 Å². The molecule has 3 rings (SSSR count). The van der Waals surface area contributed by atoms with Gasteiger partial charge in [0.15, 0.2) is 0 Å². The maximum Gasteiger partial charge on any atom is 0.255 e. The Kier molecular flexibility index (Phi) is 5.73. The van der Waals surface area contributed by atoms with E-state index < -0.39 is 10.0 Å². The number of nitrogens with zero attached hydrogens (tertiary/aromatic N) is 4. The highest BCUT2D eigenvalue weighted by Gasteiger charge is 2.25. The number of carbonyl (C=O) groups excluding carboxylic acids is 1. The van der Waals surface area contributed by atoms with Gasteiger partial charge in [-0.3, -0.25) is 4.79 Å². The van der Waals surface area contributed by atoms with Gasteiger partial charge in [-0.1, -0.05) is 0 Å². The minimum absolute atomic E-state index is 0.0597. The van der Waals surface area contributed by atoms with Crippen molar-refractivity contribution in [2.45, 2.75) is 0 Å². The van der Waals surface area contributed by atoms with Gasteiger partial charge in [0.2, 0.25) is 10.0 Å². The number of rotatable bonds is 6. The number of anilines is 1. The highest BCUT2D eigenvalue weighted by molar-refractivity contribution is 7.88. The standard InChI is InChI=1S/C18H26N4O4S/c1-19(12-13-26-2)18(23)15-4-5-16-6-7-17(22(16)14-15)20-8-10-21(11-9-20)27(3,24)25/h4-7,14H,8-13H2,1-3H3. The molecule has 27 heavy (non-hydrogen) atoms. The molecule has 1 saturated heterocycles. The molecule has 0 bridgehead atoms. The van der Waals surface area contributed by atoms with E-state index in [9.17, 15) is 13.2 Å². The molecule has 2 aromatic heterocycles. The van der Waals surface area contributed by atoms with Gasteiger partial charge in [-0.05, 0) is 24.3 Å². The van der Waals surface area contributed by atoms with E-state index in [1.807, 2.05) is 34.9 Å². The van der Waals surface area contributed by atoms with Crippen LogP contribution < -0.4 is 4.90 Å². The van der Waals surface area contributed by atoms with Crippen molar-refractivity contribution in [1.29, 1.82) is 0 Å². The molecule has 0 N–H and O–H groups in total. The van der Waals surface area contributed by atoms with Crippen molar-refractivity contribution in [2.75, 3.05) is 64.6 Å². The van der Waals surface area contributed by atoms with Crippen LogP contribution in [0.3, 0.4) is 0 Å². The average molecular weight is 394 g/mol. The van der Waals surface area contributed by atoms with Crippen molar-refractivity contribution < 1.29 is 17.9 Å². The smallest absolute Gasteiger partial charge is 0.255 e. The lowest BCUT2D eigenvalue weighted by atomic mass is 10.2. The number of piperazine rings is 1. The third kappa shape index (κ3) is 4.26. The van der Waals surface area contributed by atoms with E-state index in [0.29, 0.717) is 44.9 Å². The van der Waals surface area contributed by atoms with Crippen LogP contribution in [-0.2, 0) is 14.8 Å². The van der Waals surface area contributed by atoms with E-state index in [1.54, 1.807) is 19.1 Å². The molecular weight excluding hydrogens is 368 g/mol. The molecule has 0 spiro atoms. The molecule has 9 heteroatoms. The molecule has 0 radical (unpaired) electrons. The summed E-state index contributed by atoms with van der Waals surface area (Å²) >= 11 is 0. The summed E-state index contributed by atoms with van der Waals surface area (Å²) in [6.45, 7) is 3.17. The molecule has 1 aliphatic rings. The molecule has 148 valence electrons. The number of aromatic nitrogens is 1. The molecular formula is C18H26N4O4S. The summed E-state index contributed by atoms with van der Waals surface area (Å²) in [4.78, 5) is 16.4. The number of ether oxygens (including phenoxy) is 1. The van der Waals surface area contributed by atoms with Gasteiger partial charge in [0.25, 0.3) is 5.91 Å². The van der Waals surface area contributed by atoms with Gasteiger partial charge in [-0.25, -0.2) is 8.42 Å². The van der Waals surface area contributed by atoms with Crippen molar-refractivity contribution in [1.82, 2.24) is 13.6 Å². The minimum atomic E-state index is -3.16. The Bertz CT molecular complexity index is 917. The van der Waals surface area contributed by atoms with Gasteiger partial charge in [0.1, 0.15) is 5.82 Å². The maximum absolute atomic E-state index is 12.6. The highest BCUT2D eigenvalue weighted by atomic mass is 32.2. The fourth-order valence-corrected chi connectivity index (χ4v) is 4.10. The summed E-state index contributed by atoms with van der Waals surface area (Å²) in [5.41, 5.74) is 1.60. The van der Waals surface area contributed by atoms with Crippen molar-refractivity contribution >= 4 is 27.3 Å².